The fraction of sp³-hybridized carbons (Fsp3) is 0.500. The summed E-state index contributed by atoms with van der Waals surface area (Å²) < 4.78 is 0. The normalized spacial score (nSPS) is 16.8. The highest BCUT2D eigenvalue weighted by atomic mass is 32.1. The van der Waals surface area contributed by atoms with E-state index in [4.69, 9.17) is 10.1 Å². The van der Waals surface area contributed by atoms with Gasteiger partial charge in [0.15, 0.2) is 0 Å². The molecule has 2 aromatic heterocycles. The molecule has 1 aliphatic rings. The molecule has 5 heteroatoms. The van der Waals surface area contributed by atoms with E-state index in [2.05, 4.69) is 5.38 Å². The Hall–Kier alpha value is -1.20. The van der Waals surface area contributed by atoms with Crippen molar-refractivity contribution in [3.05, 3.63) is 27.4 Å². The second-order valence-electron chi connectivity index (χ2n) is 5.60. The van der Waals surface area contributed by atoms with Crippen molar-refractivity contribution in [3.8, 4) is 10.6 Å². The molecule has 1 N–H and O–H groups in total. The average Bonchev–Trinajstić information content (AvgIpc) is 3.02. The minimum atomic E-state index is -0.777. The molecule has 0 atom stereocenters. The van der Waals surface area contributed by atoms with E-state index >= 15 is 0 Å². The van der Waals surface area contributed by atoms with Crippen LogP contribution in [0, 0.1) is 0 Å². The molecular weight excluding hydrogens is 302 g/mol. The smallest absolute Gasteiger partial charge is 0.308 e. The van der Waals surface area contributed by atoms with Crippen molar-refractivity contribution in [2.45, 2.75) is 50.9 Å². The number of nitrogens with zero attached hydrogens (tertiary/aromatic N) is 1. The SMILES string of the molecule is O=C(O)Cc1ccc(-c2csc(C3CCCCCC3)n2)s1. The zero-order valence-corrected chi connectivity index (χ0v) is 13.5. The molecule has 0 saturated heterocycles. The van der Waals surface area contributed by atoms with Gasteiger partial charge in [-0.05, 0) is 25.0 Å². The molecule has 112 valence electrons. The summed E-state index contributed by atoms with van der Waals surface area (Å²) in [5.74, 6) is -0.148. The van der Waals surface area contributed by atoms with Crippen LogP contribution in [-0.2, 0) is 11.2 Å². The first kappa shape index (κ1) is 14.7. The topological polar surface area (TPSA) is 50.2 Å². The summed E-state index contributed by atoms with van der Waals surface area (Å²) in [6.45, 7) is 0. The summed E-state index contributed by atoms with van der Waals surface area (Å²) in [5.41, 5.74) is 1.01. The van der Waals surface area contributed by atoms with E-state index in [0.29, 0.717) is 5.92 Å². The van der Waals surface area contributed by atoms with Crippen LogP contribution in [-0.4, -0.2) is 16.1 Å². The molecule has 0 aromatic carbocycles. The number of carboxylic acid groups (broad SMARTS) is 1. The number of thiazole rings is 1. The van der Waals surface area contributed by atoms with Crippen LogP contribution in [0.15, 0.2) is 17.5 Å². The first-order chi connectivity index (χ1) is 10.2. The van der Waals surface area contributed by atoms with Crippen LogP contribution < -0.4 is 0 Å². The maximum atomic E-state index is 10.8. The van der Waals surface area contributed by atoms with E-state index < -0.39 is 5.97 Å². The predicted octanol–water partition coefficient (Wildman–Crippen LogP) is 4.94. The minimum Gasteiger partial charge on any atom is -0.481 e. The van der Waals surface area contributed by atoms with Crippen LogP contribution in [0.25, 0.3) is 10.6 Å². The van der Waals surface area contributed by atoms with Gasteiger partial charge in [-0.2, -0.15) is 0 Å². The van der Waals surface area contributed by atoms with E-state index in [0.717, 1.165) is 15.4 Å². The van der Waals surface area contributed by atoms with Gasteiger partial charge >= 0.3 is 5.97 Å². The molecule has 0 spiro atoms. The Morgan fingerprint density at radius 1 is 1.24 bits per heavy atom. The van der Waals surface area contributed by atoms with Crippen molar-refractivity contribution in [1.82, 2.24) is 4.98 Å². The Labute approximate surface area is 132 Å². The highest BCUT2D eigenvalue weighted by Crippen LogP contribution is 2.36. The largest absolute Gasteiger partial charge is 0.481 e. The summed E-state index contributed by atoms with van der Waals surface area (Å²) in [4.78, 5) is 17.5. The highest BCUT2D eigenvalue weighted by Gasteiger charge is 2.18. The van der Waals surface area contributed by atoms with Gasteiger partial charge < -0.3 is 5.11 Å². The lowest BCUT2D eigenvalue weighted by molar-refractivity contribution is -0.136. The van der Waals surface area contributed by atoms with Gasteiger partial charge in [-0.15, -0.1) is 22.7 Å². The fourth-order valence-electron chi connectivity index (χ4n) is 2.87. The quantitative estimate of drug-likeness (QED) is 0.812. The van der Waals surface area contributed by atoms with Crippen molar-refractivity contribution in [3.63, 3.8) is 0 Å². The number of carbonyl (C=O) groups is 1. The lowest BCUT2D eigenvalue weighted by Gasteiger charge is -2.09. The van der Waals surface area contributed by atoms with Crippen LogP contribution in [0.4, 0.5) is 0 Å². The van der Waals surface area contributed by atoms with Gasteiger partial charge in [-0.1, -0.05) is 25.7 Å². The lowest BCUT2D eigenvalue weighted by atomic mass is 10.0. The summed E-state index contributed by atoms with van der Waals surface area (Å²) in [7, 11) is 0. The zero-order chi connectivity index (χ0) is 14.7. The third-order valence-electron chi connectivity index (χ3n) is 3.97. The van der Waals surface area contributed by atoms with E-state index in [1.807, 2.05) is 12.1 Å². The number of thiophene rings is 1. The third-order valence-corrected chi connectivity index (χ3v) is 6.08. The van der Waals surface area contributed by atoms with Crippen molar-refractivity contribution in [2.75, 3.05) is 0 Å². The fourth-order valence-corrected chi connectivity index (χ4v) is 4.90. The molecule has 1 fully saturated rings. The van der Waals surface area contributed by atoms with Crippen molar-refractivity contribution >= 4 is 28.6 Å². The van der Waals surface area contributed by atoms with Gasteiger partial charge in [0.25, 0.3) is 0 Å². The number of carboxylic acids is 1. The van der Waals surface area contributed by atoms with E-state index in [-0.39, 0.29) is 6.42 Å². The average molecular weight is 321 g/mol. The van der Waals surface area contributed by atoms with Crippen LogP contribution in [0.3, 0.4) is 0 Å². The molecule has 3 nitrogen and oxygen atoms in total. The summed E-state index contributed by atoms with van der Waals surface area (Å²) in [6.07, 6.45) is 7.99. The van der Waals surface area contributed by atoms with Crippen LogP contribution >= 0.6 is 22.7 Å². The van der Waals surface area contributed by atoms with Crippen LogP contribution in [0.5, 0.6) is 0 Å². The van der Waals surface area contributed by atoms with Gasteiger partial charge in [-0.25, -0.2) is 4.98 Å². The Balaban J connectivity index is 1.74. The Kier molecular flexibility index (Phi) is 4.70. The standard InChI is InChI=1S/C16H19NO2S2/c18-15(19)9-12-7-8-14(21-12)13-10-20-16(17-13)11-5-3-1-2-4-6-11/h7-8,10-11H,1-6,9H2,(H,18,19). The molecule has 0 bridgehead atoms. The predicted molar refractivity (Wildman–Crippen MR) is 87.2 cm³/mol. The molecule has 21 heavy (non-hydrogen) atoms. The summed E-state index contributed by atoms with van der Waals surface area (Å²) >= 11 is 3.30. The maximum absolute atomic E-state index is 10.8. The number of hydrogen-bond acceptors (Lipinski definition) is 4. The van der Waals surface area contributed by atoms with Crippen molar-refractivity contribution < 1.29 is 9.90 Å². The minimum absolute atomic E-state index is 0.101. The molecule has 1 saturated carbocycles. The molecular formula is C16H19NO2S2. The summed E-state index contributed by atoms with van der Waals surface area (Å²) in [5, 5.41) is 12.2. The molecule has 2 aromatic rings. The Bertz CT molecular complexity index is 609. The number of rotatable bonds is 4. The van der Waals surface area contributed by atoms with Gasteiger partial charge in [0.05, 0.1) is 22.0 Å². The Morgan fingerprint density at radius 2 is 2.00 bits per heavy atom. The second kappa shape index (κ2) is 6.71. The molecule has 0 unspecified atom stereocenters. The van der Waals surface area contributed by atoms with Crippen molar-refractivity contribution in [2.24, 2.45) is 0 Å². The zero-order valence-electron chi connectivity index (χ0n) is 11.9. The van der Waals surface area contributed by atoms with E-state index in [1.165, 1.54) is 43.5 Å². The summed E-state index contributed by atoms with van der Waals surface area (Å²) in [6, 6.07) is 3.90. The van der Waals surface area contributed by atoms with E-state index in [9.17, 15) is 4.79 Å². The van der Waals surface area contributed by atoms with E-state index in [1.54, 1.807) is 22.7 Å². The molecule has 2 heterocycles. The number of aromatic nitrogens is 1. The third kappa shape index (κ3) is 3.71. The van der Waals surface area contributed by atoms with Crippen LogP contribution in [0.1, 0.15) is 54.3 Å². The Morgan fingerprint density at radius 3 is 2.71 bits per heavy atom. The van der Waals surface area contributed by atoms with Gasteiger partial charge in [0, 0.05) is 16.2 Å². The second-order valence-corrected chi connectivity index (χ2v) is 7.65. The molecule has 3 rings (SSSR count). The molecule has 1 aliphatic carbocycles. The monoisotopic (exact) mass is 321 g/mol. The number of aliphatic carboxylic acids is 1. The highest BCUT2D eigenvalue weighted by molar-refractivity contribution is 7.16. The first-order valence-electron chi connectivity index (χ1n) is 7.48. The molecule has 0 radical (unpaired) electrons. The van der Waals surface area contributed by atoms with Gasteiger partial charge in [0.2, 0.25) is 0 Å². The van der Waals surface area contributed by atoms with Crippen molar-refractivity contribution in [1.29, 1.82) is 0 Å². The molecule has 0 aliphatic heterocycles. The van der Waals surface area contributed by atoms with Gasteiger partial charge in [0.1, 0.15) is 0 Å². The molecule has 0 amide bonds. The first-order valence-corrected chi connectivity index (χ1v) is 9.18. The van der Waals surface area contributed by atoms with Gasteiger partial charge in [-0.3, -0.25) is 4.79 Å². The number of hydrogen-bond donors (Lipinski definition) is 1. The lowest BCUT2D eigenvalue weighted by Crippen LogP contribution is -1.97. The maximum Gasteiger partial charge on any atom is 0.308 e. The van der Waals surface area contributed by atoms with Crippen LogP contribution in [0.2, 0.25) is 0 Å².